The van der Waals surface area contributed by atoms with Crippen LogP contribution in [-0.4, -0.2) is 38.3 Å². The molecule has 0 saturated carbocycles. The molecule has 2 aromatic heterocycles. The molecule has 0 radical (unpaired) electrons. The van der Waals surface area contributed by atoms with Crippen LogP contribution in [0.3, 0.4) is 0 Å². The number of carbonyl (C=O) groups excluding carboxylic acids is 2. The van der Waals surface area contributed by atoms with Crippen LogP contribution < -0.4 is 10.8 Å². The summed E-state index contributed by atoms with van der Waals surface area (Å²) in [5, 5.41) is 17.3. The number of aromatic amines is 1. The third-order valence-corrected chi connectivity index (χ3v) is 6.24. The van der Waals surface area contributed by atoms with Crippen LogP contribution in [-0.2, 0) is 11.3 Å². The third-order valence-electron chi connectivity index (χ3n) is 5.76. The van der Waals surface area contributed by atoms with Gasteiger partial charge in [0.2, 0.25) is 5.91 Å². The average Bonchev–Trinajstić information content (AvgIpc) is 3.41. The van der Waals surface area contributed by atoms with E-state index in [1.165, 1.54) is 4.68 Å². The topological polar surface area (TPSA) is 112 Å². The van der Waals surface area contributed by atoms with Crippen molar-refractivity contribution in [3.8, 4) is 11.3 Å². The number of benzene rings is 2. The molecule has 0 aliphatic heterocycles. The van der Waals surface area contributed by atoms with Gasteiger partial charge in [-0.2, -0.15) is 5.10 Å². The second-order valence-corrected chi connectivity index (χ2v) is 9.16. The normalized spacial score (nSPS) is 11.1. The molecule has 8 nitrogen and oxygen atoms in total. The minimum absolute atomic E-state index is 0.179. The number of nitrogens with one attached hydrogen (secondary N) is 3. The van der Waals surface area contributed by atoms with Gasteiger partial charge in [0.05, 0.1) is 12.7 Å². The number of nitrogens with zero attached hydrogens (tertiary/aromatic N) is 2. The number of amides is 2. The van der Waals surface area contributed by atoms with Crippen molar-refractivity contribution in [1.29, 1.82) is 0 Å². The van der Waals surface area contributed by atoms with Gasteiger partial charge < -0.3 is 10.3 Å². The molecule has 0 bridgehead atoms. The van der Waals surface area contributed by atoms with Crippen LogP contribution in [0, 0.1) is 5.82 Å². The summed E-state index contributed by atoms with van der Waals surface area (Å²) in [5.74, 6) is -1.40. The summed E-state index contributed by atoms with van der Waals surface area (Å²) in [4.78, 5) is 27.4. The van der Waals surface area contributed by atoms with Crippen LogP contribution in [0.2, 0.25) is 10.0 Å². The Hall–Kier alpha value is -3.40. The molecule has 4 aromatic rings. The van der Waals surface area contributed by atoms with Gasteiger partial charge in [-0.3, -0.25) is 19.5 Å². The highest BCUT2D eigenvalue weighted by Gasteiger charge is 2.25. The zero-order valence-corrected chi connectivity index (χ0v) is 20.7. The van der Waals surface area contributed by atoms with Crippen molar-refractivity contribution in [1.82, 2.24) is 25.6 Å². The Morgan fingerprint density at radius 3 is 2.56 bits per heavy atom. The Morgan fingerprint density at radius 1 is 1.06 bits per heavy atom. The molecule has 0 atom stereocenters. The van der Waals surface area contributed by atoms with Crippen molar-refractivity contribution in [3.63, 3.8) is 0 Å². The van der Waals surface area contributed by atoms with Gasteiger partial charge in [-0.25, -0.2) is 9.87 Å². The molecule has 0 aliphatic rings. The summed E-state index contributed by atoms with van der Waals surface area (Å²) >= 11 is 12.2. The van der Waals surface area contributed by atoms with Crippen LogP contribution in [0.4, 0.5) is 4.39 Å². The van der Waals surface area contributed by atoms with Crippen LogP contribution in [0.25, 0.3) is 22.2 Å². The van der Waals surface area contributed by atoms with Crippen molar-refractivity contribution in [3.05, 3.63) is 75.8 Å². The van der Waals surface area contributed by atoms with E-state index in [2.05, 4.69) is 15.4 Å². The molecular formula is C25H24Cl2FN5O3. The molecule has 2 aromatic carbocycles. The number of hydroxylamine groups is 1. The zero-order chi connectivity index (χ0) is 25.7. The molecule has 11 heteroatoms. The summed E-state index contributed by atoms with van der Waals surface area (Å²) in [6.07, 6.45) is 3.23. The Labute approximate surface area is 216 Å². The van der Waals surface area contributed by atoms with E-state index < -0.39 is 17.6 Å². The van der Waals surface area contributed by atoms with Gasteiger partial charge in [-0.15, -0.1) is 0 Å². The molecule has 188 valence electrons. The summed E-state index contributed by atoms with van der Waals surface area (Å²) in [6, 6.07) is 12.3. The third kappa shape index (κ3) is 5.87. The van der Waals surface area contributed by atoms with Crippen molar-refractivity contribution < 1.29 is 19.2 Å². The number of rotatable bonds is 10. The lowest BCUT2D eigenvalue weighted by atomic mass is 10.1. The van der Waals surface area contributed by atoms with E-state index in [0.717, 1.165) is 11.8 Å². The minimum Gasteiger partial charge on any atom is -0.351 e. The number of hydrogen-bond acceptors (Lipinski definition) is 4. The molecule has 2 heterocycles. The number of fused-ring (bicyclic) bond motifs is 1. The number of halogens is 3. The lowest BCUT2D eigenvalue weighted by Gasteiger charge is -2.11. The largest absolute Gasteiger partial charge is 0.351 e. The number of aromatic nitrogens is 3. The lowest BCUT2D eigenvalue weighted by Crippen LogP contribution is -2.25. The second-order valence-electron chi connectivity index (χ2n) is 8.29. The van der Waals surface area contributed by atoms with Crippen molar-refractivity contribution in [2.24, 2.45) is 0 Å². The first kappa shape index (κ1) is 25.7. The lowest BCUT2D eigenvalue weighted by molar-refractivity contribution is -0.129. The number of hydrogen-bond donors (Lipinski definition) is 4. The van der Waals surface area contributed by atoms with E-state index in [-0.39, 0.29) is 24.4 Å². The first-order chi connectivity index (χ1) is 17.4. The molecule has 36 heavy (non-hydrogen) atoms. The Morgan fingerprint density at radius 2 is 1.81 bits per heavy atom. The number of carbonyl (C=O) groups is 2. The fourth-order valence-electron chi connectivity index (χ4n) is 4.01. The highest BCUT2D eigenvalue weighted by Crippen LogP contribution is 2.35. The van der Waals surface area contributed by atoms with E-state index in [1.807, 2.05) is 12.1 Å². The van der Waals surface area contributed by atoms with Gasteiger partial charge in [0.1, 0.15) is 11.4 Å². The maximum Gasteiger partial charge on any atom is 0.268 e. The van der Waals surface area contributed by atoms with E-state index in [9.17, 15) is 9.59 Å². The molecule has 4 N–H and O–H groups in total. The Balaban J connectivity index is 1.61. The molecular weight excluding hydrogens is 508 g/mol. The zero-order valence-electron chi connectivity index (χ0n) is 19.2. The van der Waals surface area contributed by atoms with Crippen molar-refractivity contribution in [2.45, 2.75) is 32.2 Å². The second kappa shape index (κ2) is 11.6. The fraction of sp³-hybridized carbons (Fsp3) is 0.240. The summed E-state index contributed by atoms with van der Waals surface area (Å²) in [5.41, 5.74) is 3.82. The highest BCUT2D eigenvalue weighted by molar-refractivity contribution is 6.31. The highest BCUT2D eigenvalue weighted by atomic mass is 35.5. The van der Waals surface area contributed by atoms with Gasteiger partial charge >= 0.3 is 0 Å². The van der Waals surface area contributed by atoms with Crippen molar-refractivity contribution >= 4 is 45.9 Å². The van der Waals surface area contributed by atoms with Crippen molar-refractivity contribution in [2.75, 3.05) is 6.54 Å². The van der Waals surface area contributed by atoms with E-state index in [1.54, 1.807) is 35.8 Å². The minimum atomic E-state index is -0.559. The molecule has 0 spiro atoms. The summed E-state index contributed by atoms with van der Waals surface area (Å²) in [7, 11) is 0. The average molecular weight is 532 g/mol. The summed E-state index contributed by atoms with van der Waals surface area (Å²) in [6.45, 7) is 0.640. The van der Waals surface area contributed by atoms with Crippen LogP contribution >= 0.6 is 23.2 Å². The molecule has 0 saturated heterocycles. The maximum atomic E-state index is 15.2. The van der Waals surface area contributed by atoms with Crippen LogP contribution in [0.15, 0.2) is 48.7 Å². The SMILES string of the molecule is O=C(CCCCCNC(=O)c1[nH]c2cc(Cl)ccc2c1-c1c(F)cnn1Cc1ccc(Cl)cc1)NO. The predicted molar refractivity (Wildman–Crippen MR) is 136 cm³/mol. The number of unbranched alkanes of at least 4 members (excludes halogenated alkanes) is 2. The van der Waals surface area contributed by atoms with Gasteiger partial charge in [-0.1, -0.05) is 47.8 Å². The first-order valence-electron chi connectivity index (χ1n) is 11.4. The molecule has 4 rings (SSSR count). The van der Waals surface area contributed by atoms with E-state index in [0.29, 0.717) is 52.3 Å². The summed E-state index contributed by atoms with van der Waals surface area (Å²) < 4.78 is 16.7. The van der Waals surface area contributed by atoms with Gasteiger partial charge in [-0.05, 0) is 42.7 Å². The number of H-pyrrole nitrogens is 1. The first-order valence-corrected chi connectivity index (χ1v) is 12.1. The molecule has 0 aliphatic carbocycles. The Kier molecular flexibility index (Phi) is 8.25. The fourth-order valence-corrected chi connectivity index (χ4v) is 4.31. The maximum absolute atomic E-state index is 15.2. The molecule has 2 amide bonds. The van der Waals surface area contributed by atoms with E-state index >= 15 is 4.39 Å². The molecule has 0 unspecified atom stereocenters. The van der Waals surface area contributed by atoms with Gasteiger partial charge in [0.25, 0.3) is 5.91 Å². The monoisotopic (exact) mass is 531 g/mol. The van der Waals surface area contributed by atoms with Gasteiger partial charge in [0, 0.05) is 39.5 Å². The predicted octanol–water partition coefficient (Wildman–Crippen LogP) is 5.32. The van der Waals surface area contributed by atoms with E-state index in [4.69, 9.17) is 28.4 Å². The molecule has 0 fully saturated rings. The Bertz CT molecular complexity index is 1380. The quantitative estimate of drug-likeness (QED) is 0.126. The van der Waals surface area contributed by atoms with Crippen LogP contribution in [0.5, 0.6) is 0 Å². The standard InChI is InChI=1S/C25H24Cl2FN5O3/c26-16-7-5-15(6-8-16)14-33-24(19(28)13-30-33)22-18-10-9-17(27)12-20(18)31-23(22)25(35)29-11-3-1-2-4-21(34)32-36/h5-10,12-13,31,36H,1-4,11,14H2,(H,29,35)(H,32,34). The smallest absolute Gasteiger partial charge is 0.268 e. The van der Waals surface area contributed by atoms with Crippen LogP contribution in [0.1, 0.15) is 41.7 Å². The van der Waals surface area contributed by atoms with Gasteiger partial charge in [0.15, 0.2) is 5.82 Å².